The Morgan fingerprint density at radius 2 is 2.09 bits per heavy atom. The van der Waals surface area contributed by atoms with E-state index in [9.17, 15) is 9.59 Å². The van der Waals surface area contributed by atoms with Crippen LogP contribution in [-0.2, 0) is 0 Å². The number of rotatable bonds is 1. The van der Waals surface area contributed by atoms with Gasteiger partial charge in [0.05, 0.1) is 5.69 Å². The first kappa shape index (κ1) is 9.62. The highest BCUT2D eigenvalue weighted by Crippen LogP contribution is 1.95. The lowest BCUT2D eigenvalue weighted by Gasteiger charge is -1.93. The summed E-state index contributed by atoms with van der Waals surface area (Å²) in [6.07, 6.45) is 0.636. The standard InChI is InChI=1S/C7H7NO2.CH4/c1-5-2-3-7(10)8-6(5)4-9;/h2-4H,1H3,(H,8,10);1H4. The molecule has 0 aliphatic carbocycles. The van der Waals surface area contributed by atoms with Crippen LogP contribution in [-0.4, -0.2) is 11.3 Å². The monoisotopic (exact) mass is 153 g/mol. The third-order valence-electron chi connectivity index (χ3n) is 1.29. The Bertz CT molecular complexity index is 301. The molecule has 11 heavy (non-hydrogen) atoms. The van der Waals surface area contributed by atoms with E-state index in [0.717, 1.165) is 5.56 Å². The molecular formula is C8H11NO2. The Labute approximate surface area is 65.1 Å². The van der Waals surface area contributed by atoms with Crippen molar-refractivity contribution in [3.8, 4) is 0 Å². The van der Waals surface area contributed by atoms with E-state index in [1.807, 2.05) is 0 Å². The van der Waals surface area contributed by atoms with Crippen molar-refractivity contribution < 1.29 is 4.79 Å². The Kier molecular flexibility index (Phi) is 3.24. The summed E-state index contributed by atoms with van der Waals surface area (Å²) in [6.45, 7) is 1.76. The Morgan fingerprint density at radius 3 is 2.55 bits per heavy atom. The first-order chi connectivity index (χ1) is 4.74. The van der Waals surface area contributed by atoms with E-state index in [2.05, 4.69) is 4.98 Å². The van der Waals surface area contributed by atoms with Gasteiger partial charge in [-0.2, -0.15) is 0 Å². The van der Waals surface area contributed by atoms with E-state index >= 15 is 0 Å². The summed E-state index contributed by atoms with van der Waals surface area (Å²) in [4.78, 5) is 23.2. The van der Waals surface area contributed by atoms with E-state index in [1.165, 1.54) is 6.07 Å². The van der Waals surface area contributed by atoms with Gasteiger partial charge in [-0.15, -0.1) is 0 Å². The summed E-state index contributed by atoms with van der Waals surface area (Å²) in [5, 5.41) is 0. The summed E-state index contributed by atoms with van der Waals surface area (Å²) < 4.78 is 0. The molecule has 0 radical (unpaired) electrons. The maximum absolute atomic E-state index is 10.6. The van der Waals surface area contributed by atoms with Crippen LogP contribution in [0.5, 0.6) is 0 Å². The number of aromatic amines is 1. The number of aldehydes is 1. The second-order valence-electron chi connectivity index (χ2n) is 2.04. The predicted molar refractivity (Wildman–Crippen MR) is 43.9 cm³/mol. The molecule has 0 unspecified atom stereocenters. The zero-order valence-electron chi connectivity index (χ0n) is 5.55. The Morgan fingerprint density at radius 1 is 1.45 bits per heavy atom. The van der Waals surface area contributed by atoms with Gasteiger partial charge in [-0.1, -0.05) is 13.5 Å². The van der Waals surface area contributed by atoms with Crippen LogP contribution in [0.2, 0.25) is 0 Å². The molecular weight excluding hydrogens is 142 g/mol. The van der Waals surface area contributed by atoms with Crippen molar-refractivity contribution in [2.24, 2.45) is 0 Å². The number of aryl methyl sites for hydroxylation is 1. The summed E-state index contributed by atoms with van der Waals surface area (Å²) in [5.41, 5.74) is 0.898. The van der Waals surface area contributed by atoms with Gasteiger partial charge in [0, 0.05) is 6.07 Å². The van der Waals surface area contributed by atoms with Gasteiger partial charge in [-0.05, 0) is 12.5 Å². The van der Waals surface area contributed by atoms with Crippen molar-refractivity contribution in [1.82, 2.24) is 4.98 Å². The quantitative estimate of drug-likeness (QED) is 0.615. The van der Waals surface area contributed by atoms with Crippen molar-refractivity contribution in [2.75, 3.05) is 0 Å². The molecule has 3 heteroatoms. The average Bonchev–Trinajstić information content (AvgIpc) is 1.94. The normalized spacial score (nSPS) is 8.45. The summed E-state index contributed by atoms with van der Waals surface area (Å²) >= 11 is 0. The molecule has 0 fully saturated rings. The van der Waals surface area contributed by atoms with Crippen molar-refractivity contribution >= 4 is 6.29 Å². The number of pyridine rings is 1. The third-order valence-corrected chi connectivity index (χ3v) is 1.29. The SMILES string of the molecule is C.Cc1ccc(=O)[nH]c1C=O. The predicted octanol–water partition coefficient (Wildman–Crippen LogP) is 1.13. The van der Waals surface area contributed by atoms with Crippen molar-refractivity contribution in [2.45, 2.75) is 14.4 Å². The molecule has 3 nitrogen and oxygen atoms in total. The maximum Gasteiger partial charge on any atom is 0.248 e. The molecule has 1 N–H and O–H groups in total. The minimum Gasteiger partial charge on any atom is -0.319 e. The summed E-state index contributed by atoms with van der Waals surface area (Å²) in [7, 11) is 0. The molecule has 60 valence electrons. The van der Waals surface area contributed by atoms with Gasteiger partial charge < -0.3 is 4.98 Å². The van der Waals surface area contributed by atoms with E-state index in [0.29, 0.717) is 12.0 Å². The molecule has 1 aromatic heterocycles. The van der Waals surface area contributed by atoms with Crippen LogP contribution < -0.4 is 5.56 Å². The molecule has 1 heterocycles. The molecule has 0 amide bonds. The van der Waals surface area contributed by atoms with Crippen molar-refractivity contribution in [1.29, 1.82) is 0 Å². The van der Waals surface area contributed by atoms with E-state index in [-0.39, 0.29) is 13.0 Å². The molecule has 0 atom stereocenters. The number of H-pyrrole nitrogens is 1. The molecule has 0 saturated heterocycles. The van der Waals surface area contributed by atoms with Gasteiger partial charge in [0.25, 0.3) is 0 Å². The molecule has 0 spiro atoms. The lowest BCUT2D eigenvalue weighted by Crippen LogP contribution is -2.07. The first-order valence-corrected chi connectivity index (χ1v) is 2.89. The van der Waals surface area contributed by atoms with Gasteiger partial charge in [0.15, 0.2) is 6.29 Å². The number of carbonyl (C=O) groups excluding carboxylic acids is 1. The number of aromatic nitrogens is 1. The number of nitrogens with one attached hydrogen (secondary N) is 1. The van der Waals surface area contributed by atoms with Crippen LogP contribution in [0, 0.1) is 6.92 Å². The highest BCUT2D eigenvalue weighted by atomic mass is 16.1. The topological polar surface area (TPSA) is 49.9 Å². The molecule has 0 aliphatic heterocycles. The van der Waals surface area contributed by atoms with E-state index in [4.69, 9.17) is 0 Å². The van der Waals surface area contributed by atoms with E-state index in [1.54, 1.807) is 13.0 Å². The Hall–Kier alpha value is -1.38. The van der Waals surface area contributed by atoms with Crippen LogP contribution in [0.3, 0.4) is 0 Å². The smallest absolute Gasteiger partial charge is 0.248 e. The first-order valence-electron chi connectivity index (χ1n) is 2.89. The molecule has 1 rings (SSSR count). The van der Waals surface area contributed by atoms with Gasteiger partial charge >= 0.3 is 0 Å². The minimum atomic E-state index is -0.243. The molecule has 0 aliphatic rings. The molecule has 0 saturated carbocycles. The van der Waals surface area contributed by atoms with Crippen molar-refractivity contribution in [3.05, 3.63) is 33.7 Å². The van der Waals surface area contributed by atoms with Crippen LogP contribution in [0.1, 0.15) is 23.5 Å². The van der Waals surface area contributed by atoms with Gasteiger partial charge in [0.1, 0.15) is 0 Å². The fraction of sp³-hybridized carbons (Fsp3) is 0.250. The van der Waals surface area contributed by atoms with Crippen LogP contribution in [0.4, 0.5) is 0 Å². The lowest BCUT2D eigenvalue weighted by molar-refractivity contribution is 0.111. The highest BCUT2D eigenvalue weighted by molar-refractivity contribution is 5.73. The second kappa shape index (κ2) is 3.71. The largest absolute Gasteiger partial charge is 0.319 e. The maximum atomic E-state index is 10.6. The van der Waals surface area contributed by atoms with Crippen LogP contribution in [0.15, 0.2) is 16.9 Å². The molecule has 0 aromatic carbocycles. The summed E-state index contributed by atoms with van der Waals surface area (Å²) in [6, 6.07) is 3.00. The fourth-order valence-electron chi connectivity index (χ4n) is 0.686. The highest BCUT2D eigenvalue weighted by Gasteiger charge is 1.94. The van der Waals surface area contributed by atoms with Gasteiger partial charge in [-0.25, -0.2) is 0 Å². The summed E-state index contributed by atoms with van der Waals surface area (Å²) in [5.74, 6) is 0. The third kappa shape index (κ3) is 2.04. The zero-order chi connectivity index (χ0) is 7.56. The molecule has 1 aromatic rings. The van der Waals surface area contributed by atoms with Crippen molar-refractivity contribution in [3.63, 3.8) is 0 Å². The fourth-order valence-corrected chi connectivity index (χ4v) is 0.686. The minimum absolute atomic E-state index is 0. The zero-order valence-corrected chi connectivity index (χ0v) is 5.55. The lowest BCUT2D eigenvalue weighted by atomic mass is 10.2. The Balaban J connectivity index is 0.000001000. The average molecular weight is 153 g/mol. The molecule has 0 bridgehead atoms. The van der Waals surface area contributed by atoms with Crippen LogP contribution >= 0.6 is 0 Å². The van der Waals surface area contributed by atoms with Gasteiger partial charge in [0.2, 0.25) is 5.56 Å². The number of hydrogen-bond donors (Lipinski definition) is 1. The van der Waals surface area contributed by atoms with Gasteiger partial charge in [-0.3, -0.25) is 9.59 Å². The number of hydrogen-bond acceptors (Lipinski definition) is 2. The number of carbonyl (C=O) groups is 1. The second-order valence-corrected chi connectivity index (χ2v) is 2.04. The van der Waals surface area contributed by atoms with Crippen LogP contribution in [0.25, 0.3) is 0 Å². The van der Waals surface area contributed by atoms with E-state index < -0.39 is 0 Å².